The van der Waals surface area contributed by atoms with E-state index in [9.17, 15) is 31.1 Å². The Labute approximate surface area is 193 Å². The van der Waals surface area contributed by atoms with Gasteiger partial charge in [0.15, 0.2) is 5.16 Å². The summed E-state index contributed by atoms with van der Waals surface area (Å²) in [5, 5.41) is 1.78. The summed E-state index contributed by atoms with van der Waals surface area (Å²) in [6.07, 6.45) is -9.39. The van der Waals surface area contributed by atoms with E-state index >= 15 is 0 Å². The van der Waals surface area contributed by atoms with Crippen LogP contribution in [0.25, 0.3) is 11.3 Å². The Morgan fingerprint density at radius 2 is 1.64 bits per heavy atom. The number of hydrogen-bond acceptors (Lipinski definition) is 4. The molecule has 0 unspecified atom stereocenters. The van der Waals surface area contributed by atoms with Crippen LogP contribution in [0.15, 0.2) is 53.7 Å². The van der Waals surface area contributed by atoms with E-state index in [1.165, 1.54) is 0 Å². The van der Waals surface area contributed by atoms with Gasteiger partial charge in [-0.1, -0.05) is 53.2 Å². The van der Waals surface area contributed by atoms with Crippen LogP contribution < -0.4 is 5.32 Å². The molecule has 0 saturated heterocycles. The van der Waals surface area contributed by atoms with Crippen LogP contribution in [0.5, 0.6) is 0 Å². The summed E-state index contributed by atoms with van der Waals surface area (Å²) in [7, 11) is 0. The van der Waals surface area contributed by atoms with Gasteiger partial charge in [0, 0.05) is 5.56 Å². The van der Waals surface area contributed by atoms with Crippen molar-refractivity contribution in [1.82, 2.24) is 9.97 Å². The number of hydrogen-bond donors (Lipinski definition) is 1. The van der Waals surface area contributed by atoms with Crippen LogP contribution in [0.4, 0.5) is 32.0 Å². The fourth-order valence-corrected chi connectivity index (χ4v) is 3.44. The van der Waals surface area contributed by atoms with E-state index in [-0.39, 0.29) is 21.6 Å². The Kier molecular flexibility index (Phi) is 7.23. The number of benzene rings is 2. The highest BCUT2D eigenvalue weighted by Gasteiger charge is 2.34. The summed E-state index contributed by atoms with van der Waals surface area (Å²) in [5.74, 6) is -1.25. The predicted molar refractivity (Wildman–Crippen MR) is 113 cm³/mol. The Bertz CT molecular complexity index is 1170. The van der Waals surface area contributed by atoms with Gasteiger partial charge in [-0.05, 0) is 31.2 Å². The molecule has 0 spiro atoms. The first-order valence-electron chi connectivity index (χ1n) is 9.15. The van der Waals surface area contributed by atoms with Crippen LogP contribution in [-0.4, -0.2) is 21.6 Å². The predicted octanol–water partition coefficient (Wildman–Crippen LogP) is 6.87. The highest BCUT2D eigenvalue weighted by Crippen LogP contribution is 2.34. The largest absolute Gasteiger partial charge is 0.433 e. The molecular formula is C21H14ClF6N3OS. The Hall–Kier alpha value is -2.79. The van der Waals surface area contributed by atoms with Crippen molar-refractivity contribution < 1.29 is 31.1 Å². The van der Waals surface area contributed by atoms with Crippen molar-refractivity contribution >= 4 is 35.0 Å². The number of thioether (sulfide) groups is 1. The molecule has 12 heteroatoms. The van der Waals surface area contributed by atoms with Gasteiger partial charge in [0.1, 0.15) is 5.69 Å². The van der Waals surface area contributed by atoms with Crippen LogP contribution >= 0.6 is 23.4 Å². The van der Waals surface area contributed by atoms with Gasteiger partial charge in [0.25, 0.3) is 0 Å². The van der Waals surface area contributed by atoms with Gasteiger partial charge in [-0.15, -0.1) is 0 Å². The molecule has 0 aliphatic carbocycles. The molecule has 174 valence electrons. The average Bonchev–Trinajstić information content (AvgIpc) is 2.73. The molecule has 0 radical (unpaired) electrons. The van der Waals surface area contributed by atoms with Gasteiger partial charge in [0.05, 0.1) is 27.7 Å². The van der Waals surface area contributed by atoms with Crippen LogP contribution in [0.1, 0.15) is 16.8 Å². The van der Waals surface area contributed by atoms with Crippen molar-refractivity contribution in [2.45, 2.75) is 24.4 Å². The number of aryl methyl sites for hydroxylation is 1. The Morgan fingerprint density at radius 1 is 0.970 bits per heavy atom. The van der Waals surface area contributed by atoms with E-state index in [2.05, 4.69) is 15.3 Å². The maximum atomic E-state index is 13.3. The lowest BCUT2D eigenvalue weighted by molar-refractivity contribution is -0.141. The van der Waals surface area contributed by atoms with Gasteiger partial charge in [-0.25, -0.2) is 9.97 Å². The number of halogens is 7. The number of anilines is 1. The SMILES string of the molecule is Cc1ccc(-c2cc(C(F)(F)F)nc(SCC(=O)Nc3cc(C(F)(F)F)ccc3Cl)n2)cc1. The molecule has 0 atom stereocenters. The number of aromatic nitrogens is 2. The molecule has 1 aromatic heterocycles. The number of amides is 1. The summed E-state index contributed by atoms with van der Waals surface area (Å²) in [6, 6.07) is 9.85. The minimum atomic E-state index is -4.74. The molecule has 0 bridgehead atoms. The zero-order valence-corrected chi connectivity index (χ0v) is 18.3. The van der Waals surface area contributed by atoms with Gasteiger partial charge in [-0.3, -0.25) is 4.79 Å². The first-order valence-corrected chi connectivity index (χ1v) is 10.5. The highest BCUT2D eigenvalue weighted by molar-refractivity contribution is 7.99. The molecule has 3 aromatic rings. The first-order chi connectivity index (χ1) is 15.3. The van der Waals surface area contributed by atoms with Crippen molar-refractivity contribution in [3.63, 3.8) is 0 Å². The zero-order valence-electron chi connectivity index (χ0n) is 16.7. The standard InChI is InChI=1S/C21H14ClF6N3OS/c1-11-2-4-12(5-3-11)15-9-17(21(26,27)28)31-19(30-15)33-10-18(32)29-16-8-13(20(23,24)25)6-7-14(16)22/h2-9H,10H2,1H3,(H,29,32). The van der Waals surface area contributed by atoms with E-state index < -0.39 is 35.3 Å². The molecular weight excluding hydrogens is 492 g/mol. The van der Waals surface area contributed by atoms with E-state index in [1.807, 2.05) is 6.92 Å². The van der Waals surface area contributed by atoms with Crippen LogP contribution in [0.3, 0.4) is 0 Å². The van der Waals surface area contributed by atoms with Gasteiger partial charge in [0.2, 0.25) is 5.91 Å². The van der Waals surface area contributed by atoms with E-state index in [0.29, 0.717) is 23.4 Å². The molecule has 0 aliphatic heterocycles. The first kappa shape index (κ1) is 24.8. The van der Waals surface area contributed by atoms with Crippen LogP contribution in [0.2, 0.25) is 5.02 Å². The molecule has 2 aromatic carbocycles. The lowest BCUT2D eigenvalue weighted by Gasteiger charge is -2.12. The second-order valence-electron chi connectivity index (χ2n) is 6.81. The van der Waals surface area contributed by atoms with Crippen molar-refractivity contribution in [2.24, 2.45) is 0 Å². The number of nitrogens with one attached hydrogen (secondary N) is 1. The maximum Gasteiger partial charge on any atom is 0.433 e. The van der Waals surface area contributed by atoms with Crippen LogP contribution in [0, 0.1) is 6.92 Å². The van der Waals surface area contributed by atoms with E-state index in [1.54, 1.807) is 24.3 Å². The zero-order chi connectivity index (χ0) is 24.4. The number of rotatable bonds is 5. The fourth-order valence-electron chi connectivity index (χ4n) is 2.62. The van der Waals surface area contributed by atoms with Crippen molar-refractivity contribution in [2.75, 3.05) is 11.1 Å². The third kappa shape index (κ3) is 6.61. The van der Waals surface area contributed by atoms with Crippen LogP contribution in [-0.2, 0) is 17.1 Å². The topological polar surface area (TPSA) is 54.9 Å². The number of nitrogens with zero attached hydrogens (tertiary/aromatic N) is 2. The van der Waals surface area contributed by atoms with E-state index in [0.717, 1.165) is 23.8 Å². The summed E-state index contributed by atoms with van der Waals surface area (Å²) in [5.41, 5.74) is -1.13. The quantitative estimate of drug-likeness (QED) is 0.233. The third-order valence-corrected chi connectivity index (χ3v) is 5.42. The minimum Gasteiger partial charge on any atom is -0.324 e. The highest BCUT2D eigenvalue weighted by atomic mass is 35.5. The fraction of sp³-hybridized carbons (Fsp3) is 0.190. The Morgan fingerprint density at radius 3 is 2.24 bits per heavy atom. The third-order valence-electron chi connectivity index (χ3n) is 4.24. The number of alkyl halides is 6. The summed E-state index contributed by atoms with van der Waals surface area (Å²) in [6.45, 7) is 1.82. The summed E-state index contributed by atoms with van der Waals surface area (Å²) >= 11 is 6.45. The molecule has 0 aliphatic rings. The summed E-state index contributed by atoms with van der Waals surface area (Å²) in [4.78, 5) is 19.8. The smallest absolute Gasteiger partial charge is 0.324 e. The molecule has 1 amide bonds. The number of carbonyl (C=O) groups is 1. The lowest BCUT2D eigenvalue weighted by Crippen LogP contribution is -2.16. The minimum absolute atomic E-state index is 0.0150. The maximum absolute atomic E-state index is 13.3. The number of carbonyl (C=O) groups excluding carboxylic acids is 1. The molecule has 1 heterocycles. The monoisotopic (exact) mass is 505 g/mol. The molecule has 3 rings (SSSR count). The van der Waals surface area contributed by atoms with Crippen molar-refractivity contribution in [3.05, 3.63) is 70.4 Å². The lowest BCUT2D eigenvalue weighted by atomic mass is 10.1. The molecule has 0 saturated carbocycles. The van der Waals surface area contributed by atoms with E-state index in [4.69, 9.17) is 11.6 Å². The molecule has 0 fully saturated rings. The van der Waals surface area contributed by atoms with Crippen molar-refractivity contribution in [3.8, 4) is 11.3 Å². The van der Waals surface area contributed by atoms with Crippen molar-refractivity contribution in [1.29, 1.82) is 0 Å². The van der Waals surface area contributed by atoms with Gasteiger partial charge >= 0.3 is 12.4 Å². The average molecular weight is 506 g/mol. The normalized spacial score (nSPS) is 12.0. The Balaban J connectivity index is 1.80. The summed E-state index contributed by atoms with van der Waals surface area (Å²) < 4.78 is 78.5. The molecule has 1 N–H and O–H groups in total. The molecule has 33 heavy (non-hydrogen) atoms. The second-order valence-corrected chi connectivity index (χ2v) is 8.16. The molecule has 4 nitrogen and oxygen atoms in total. The van der Waals surface area contributed by atoms with Gasteiger partial charge < -0.3 is 5.32 Å². The second kappa shape index (κ2) is 9.60. The van der Waals surface area contributed by atoms with Gasteiger partial charge in [-0.2, -0.15) is 26.3 Å².